The topological polar surface area (TPSA) is 38.3 Å². The number of nitrogens with one attached hydrogen (secondary N) is 1. The van der Waals surface area contributed by atoms with E-state index in [1.165, 1.54) is 5.56 Å². The van der Waals surface area contributed by atoms with Gasteiger partial charge in [-0.25, -0.2) is 0 Å². The van der Waals surface area contributed by atoms with Crippen molar-refractivity contribution < 1.29 is 9.53 Å². The lowest BCUT2D eigenvalue weighted by molar-refractivity contribution is -0.121. The van der Waals surface area contributed by atoms with Crippen LogP contribution in [0.15, 0.2) is 22.7 Å². The molecule has 3 nitrogen and oxygen atoms in total. The van der Waals surface area contributed by atoms with Crippen molar-refractivity contribution in [3.8, 4) is 5.75 Å². The van der Waals surface area contributed by atoms with Crippen LogP contribution < -0.4 is 10.1 Å². The number of rotatable bonds is 4. The van der Waals surface area contributed by atoms with E-state index in [0.717, 1.165) is 23.1 Å². The van der Waals surface area contributed by atoms with Crippen LogP contribution in [0.1, 0.15) is 37.3 Å². The summed E-state index contributed by atoms with van der Waals surface area (Å²) in [5, 5.41) is 3.39. The number of Topliss-reactive ketones (excluding diaryl/α,β-unsaturated/α-hetero) is 1. The Bertz CT molecular complexity index is 451. The minimum atomic E-state index is 0.237. The Morgan fingerprint density at radius 3 is 2.63 bits per heavy atom. The Labute approximate surface area is 122 Å². The molecule has 1 aliphatic carbocycles. The molecule has 0 aromatic heterocycles. The molecular weight excluding hydrogens is 306 g/mol. The van der Waals surface area contributed by atoms with E-state index in [9.17, 15) is 4.79 Å². The van der Waals surface area contributed by atoms with Crippen molar-refractivity contribution in [2.24, 2.45) is 5.92 Å². The SMILES string of the molecule is CNC(c1cc(Br)ccc1OC)C1CCC(=O)CC1. The highest BCUT2D eigenvalue weighted by Gasteiger charge is 2.28. The Hall–Kier alpha value is -0.870. The second-order valence-corrected chi connectivity index (χ2v) is 5.94. The molecule has 0 amide bonds. The van der Waals surface area contributed by atoms with Gasteiger partial charge in [-0.15, -0.1) is 0 Å². The number of ketones is 1. The first-order valence-corrected chi connectivity index (χ1v) is 7.47. The van der Waals surface area contributed by atoms with Crippen LogP contribution in [0.2, 0.25) is 0 Å². The molecule has 0 bridgehead atoms. The first-order chi connectivity index (χ1) is 9.15. The average molecular weight is 326 g/mol. The van der Waals surface area contributed by atoms with E-state index in [4.69, 9.17) is 4.74 Å². The normalized spacial score (nSPS) is 18.4. The van der Waals surface area contributed by atoms with Gasteiger partial charge in [0.2, 0.25) is 0 Å². The lowest BCUT2D eigenvalue weighted by atomic mass is 9.80. The van der Waals surface area contributed by atoms with Gasteiger partial charge in [0.15, 0.2) is 0 Å². The summed E-state index contributed by atoms with van der Waals surface area (Å²) in [6, 6.07) is 6.31. The van der Waals surface area contributed by atoms with Gasteiger partial charge in [0.1, 0.15) is 11.5 Å². The van der Waals surface area contributed by atoms with Crippen LogP contribution in [0.3, 0.4) is 0 Å². The number of hydrogen-bond acceptors (Lipinski definition) is 3. The van der Waals surface area contributed by atoms with Crippen molar-refractivity contribution in [2.45, 2.75) is 31.7 Å². The molecule has 1 fully saturated rings. The zero-order chi connectivity index (χ0) is 13.8. The van der Waals surface area contributed by atoms with Crippen LogP contribution in [-0.2, 0) is 4.79 Å². The Balaban J connectivity index is 2.26. The molecule has 1 aliphatic rings. The highest BCUT2D eigenvalue weighted by Crippen LogP contribution is 2.38. The second-order valence-electron chi connectivity index (χ2n) is 5.03. The van der Waals surface area contributed by atoms with Crippen molar-refractivity contribution in [1.29, 1.82) is 0 Å². The summed E-state index contributed by atoms with van der Waals surface area (Å²) in [6.07, 6.45) is 3.33. The molecular formula is C15H20BrNO2. The zero-order valence-electron chi connectivity index (χ0n) is 11.4. The molecule has 1 N–H and O–H groups in total. The van der Waals surface area contributed by atoms with Crippen molar-refractivity contribution in [3.05, 3.63) is 28.2 Å². The van der Waals surface area contributed by atoms with Crippen LogP contribution >= 0.6 is 15.9 Å². The first-order valence-electron chi connectivity index (χ1n) is 6.68. The summed E-state index contributed by atoms with van der Waals surface area (Å²) in [5.41, 5.74) is 1.17. The third kappa shape index (κ3) is 3.37. The number of halogens is 1. The summed E-state index contributed by atoms with van der Waals surface area (Å²) in [5.74, 6) is 1.79. The van der Waals surface area contributed by atoms with E-state index in [1.54, 1.807) is 7.11 Å². The lowest BCUT2D eigenvalue weighted by Crippen LogP contribution is -2.29. The molecule has 1 aromatic carbocycles. The van der Waals surface area contributed by atoms with Crippen LogP contribution in [0.25, 0.3) is 0 Å². The maximum atomic E-state index is 11.4. The number of methoxy groups -OCH3 is 1. The molecule has 1 unspecified atom stereocenters. The van der Waals surface area contributed by atoms with Crippen molar-refractivity contribution in [3.63, 3.8) is 0 Å². The van der Waals surface area contributed by atoms with Crippen LogP contribution in [0.4, 0.5) is 0 Å². The molecule has 1 aromatic rings. The van der Waals surface area contributed by atoms with E-state index < -0.39 is 0 Å². The number of hydrogen-bond donors (Lipinski definition) is 1. The van der Waals surface area contributed by atoms with Gasteiger partial charge in [-0.1, -0.05) is 15.9 Å². The quantitative estimate of drug-likeness (QED) is 0.921. The van der Waals surface area contributed by atoms with Gasteiger partial charge in [0.25, 0.3) is 0 Å². The molecule has 0 heterocycles. The summed E-state index contributed by atoms with van der Waals surface area (Å²) >= 11 is 3.52. The highest BCUT2D eigenvalue weighted by molar-refractivity contribution is 9.10. The average Bonchev–Trinajstić information content (AvgIpc) is 2.42. The molecule has 19 heavy (non-hydrogen) atoms. The largest absolute Gasteiger partial charge is 0.496 e. The number of carbonyl (C=O) groups excluding carboxylic acids is 1. The molecule has 2 rings (SSSR count). The summed E-state index contributed by atoms with van der Waals surface area (Å²) in [4.78, 5) is 11.4. The summed E-state index contributed by atoms with van der Waals surface area (Å²) in [6.45, 7) is 0. The van der Waals surface area contributed by atoms with E-state index in [-0.39, 0.29) is 6.04 Å². The smallest absolute Gasteiger partial charge is 0.132 e. The van der Waals surface area contributed by atoms with Gasteiger partial charge in [-0.3, -0.25) is 4.79 Å². The number of carbonyl (C=O) groups is 1. The van der Waals surface area contributed by atoms with Gasteiger partial charge in [0, 0.05) is 28.9 Å². The van der Waals surface area contributed by atoms with Crippen molar-refractivity contribution in [2.75, 3.05) is 14.2 Å². The van der Waals surface area contributed by atoms with Gasteiger partial charge < -0.3 is 10.1 Å². The van der Waals surface area contributed by atoms with Crippen molar-refractivity contribution >= 4 is 21.7 Å². The maximum absolute atomic E-state index is 11.4. The van der Waals surface area contributed by atoms with E-state index >= 15 is 0 Å². The van der Waals surface area contributed by atoms with Gasteiger partial charge in [-0.05, 0) is 44.0 Å². The van der Waals surface area contributed by atoms with E-state index in [0.29, 0.717) is 24.5 Å². The monoisotopic (exact) mass is 325 g/mol. The number of benzene rings is 1. The van der Waals surface area contributed by atoms with E-state index in [1.807, 2.05) is 19.2 Å². The molecule has 104 valence electrons. The molecule has 0 spiro atoms. The Morgan fingerprint density at radius 1 is 1.37 bits per heavy atom. The van der Waals surface area contributed by atoms with Crippen LogP contribution in [-0.4, -0.2) is 19.9 Å². The highest BCUT2D eigenvalue weighted by atomic mass is 79.9. The predicted octanol–water partition coefficient (Wildman–Crippen LogP) is 3.48. The number of ether oxygens (including phenoxy) is 1. The first kappa shape index (κ1) is 14.5. The predicted molar refractivity (Wildman–Crippen MR) is 79.5 cm³/mol. The standard InChI is InChI=1S/C15H20BrNO2/c1-17-15(10-3-6-12(18)7-4-10)13-9-11(16)5-8-14(13)19-2/h5,8-10,15,17H,3-4,6-7H2,1-2H3. The molecule has 0 aliphatic heterocycles. The zero-order valence-corrected chi connectivity index (χ0v) is 13.0. The second kappa shape index (κ2) is 6.53. The molecule has 4 heteroatoms. The fraction of sp³-hybridized carbons (Fsp3) is 0.533. The van der Waals surface area contributed by atoms with E-state index in [2.05, 4.69) is 27.3 Å². The van der Waals surface area contributed by atoms with Crippen molar-refractivity contribution in [1.82, 2.24) is 5.32 Å². The van der Waals surface area contributed by atoms with Crippen LogP contribution in [0, 0.1) is 5.92 Å². The van der Waals surface area contributed by atoms with Crippen LogP contribution in [0.5, 0.6) is 5.75 Å². The minimum Gasteiger partial charge on any atom is -0.496 e. The third-order valence-corrected chi connectivity index (χ3v) is 4.39. The Kier molecular flexibility index (Phi) is 4.99. The van der Waals surface area contributed by atoms with Gasteiger partial charge in [-0.2, -0.15) is 0 Å². The lowest BCUT2D eigenvalue weighted by Gasteiger charge is -2.31. The Morgan fingerprint density at radius 2 is 2.05 bits per heavy atom. The fourth-order valence-corrected chi connectivity index (χ4v) is 3.27. The molecule has 1 atom stereocenters. The third-order valence-electron chi connectivity index (χ3n) is 3.90. The molecule has 0 saturated heterocycles. The molecule has 0 radical (unpaired) electrons. The van der Waals surface area contributed by atoms with Gasteiger partial charge >= 0.3 is 0 Å². The molecule has 1 saturated carbocycles. The summed E-state index contributed by atoms with van der Waals surface area (Å²) in [7, 11) is 3.67. The minimum absolute atomic E-state index is 0.237. The summed E-state index contributed by atoms with van der Waals surface area (Å²) < 4.78 is 6.52. The fourth-order valence-electron chi connectivity index (χ4n) is 2.89. The van der Waals surface area contributed by atoms with Gasteiger partial charge in [0.05, 0.1) is 7.11 Å². The maximum Gasteiger partial charge on any atom is 0.132 e.